The Balaban J connectivity index is 1.62. The third kappa shape index (κ3) is 4.32. The Morgan fingerprint density at radius 2 is 1.93 bits per heavy atom. The zero-order valence-electron chi connectivity index (χ0n) is 15.0. The van der Waals surface area contributed by atoms with E-state index in [9.17, 15) is 4.79 Å². The van der Waals surface area contributed by atoms with E-state index in [1.54, 1.807) is 16.0 Å². The summed E-state index contributed by atoms with van der Waals surface area (Å²) in [7, 11) is 0. The zero-order valence-corrected chi connectivity index (χ0v) is 16.6. The molecule has 2 aromatic heterocycles. The number of hydrogen-bond donors (Lipinski definition) is 1. The molecule has 3 aromatic rings. The van der Waals surface area contributed by atoms with Crippen LogP contribution in [0.1, 0.15) is 45.4 Å². The van der Waals surface area contributed by atoms with E-state index in [0.717, 1.165) is 54.5 Å². The number of halogens is 1. The van der Waals surface area contributed by atoms with Gasteiger partial charge in [-0.15, -0.1) is 11.3 Å². The van der Waals surface area contributed by atoms with Gasteiger partial charge in [0.15, 0.2) is 0 Å². The molecule has 1 saturated heterocycles. The first kappa shape index (κ1) is 18.4. The molecule has 3 heterocycles. The van der Waals surface area contributed by atoms with Crippen molar-refractivity contribution in [3.63, 3.8) is 0 Å². The van der Waals surface area contributed by atoms with Crippen molar-refractivity contribution in [3.8, 4) is 0 Å². The molecule has 0 unspecified atom stereocenters. The third-order valence-electron chi connectivity index (χ3n) is 5.03. The highest BCUT2D eigenvalue weighted by Gasteiger charge is 2.22. The molecule has 0 spiro atoms. The van der Waals surface area contributed by atoms with Crippen molar-refractivity contribution in [2.24, 2.45) is 0 Å². The lowest BCUT2D eigenvalue weighted by Gasteiger charge is -2.20. The van der Waals surface area contributed by atoms with Gasteiger partial charge in [0, 0.05) is 22.1 Å². The summed E-state index contributed by atoms with van der Waals surface area (Å²) < 4.78 is 2.41. The number of piperidine rings is 1. The quantitative estimate of drug-likeness (QED) is 0.685. The van der Waals surface area contributed by atoms with Gasteiger partial charge in [0.2, 0.25) is 0 Å². The van der Waals surface area contributed by atoms with Crippen LogP contribution in [0.15, 0.2) is 48.5 Å². The lowest BCUT2D eigenvalue weighted by molar-refractivity contribution is 0.0941. The Labute approximate surface area is 168 Å². The Bertz CT molecular complexity index is 913. The van der Waals surface area contributed by atoms with Crippen molar-refractivity contribution in [2.75, 3.05) is 13.1 Å². The molecule has 0 saturated carbocycles. The SMILES string of the molecule is O=C(c1ccccc1)n1nc(C2CCNCC2)cc1CCc1ccc(Cl)s1. The van der Waals surface area contributed by atoms with Crippen LogP contribution in [-0.4, -0.2) is 28.8 Å². The van der Waals surface area contributed by atoms with Crippen LogP contribution < -0.4 is 5.32 Å². The molecule has 0 amide bonds. The van der Waals surface area contributed by atoms with Gasteiger partial charge >= 0.3 is 0 Å². The van der Waals surface area contributed by atoms with Gasteiger partial charge < -0.3 is 5.32 Å². The van der Waals surface area contributed by atoms with E-state index < -0.39 is 0 Å². The average Bonchev–Trinajstić information content (AvgIpc) is 3.33. The number of nitrogens with zero attached hydrogens (tertiary/aromatic N) is 2. The second kappa shape index (κ2) is 8.38. The number of carbonyl (C=O) groups is 1. The van der Waals surface area contributed by atoms with E-state index in [0.29, 0.717) is 11.5 Å². The molecule has 1 N–H and O–H groups in total. The summed E-state index contributed by atoms with van der Waals surface area (Å²) >= 11 is 7.65. The Morgan fingerprint density at radius 3 is 2.63 bits per heavy atom. The fraction of sp³-hybridized carbons (Fsp3) is 0.333. The number of thiophene rings is 1. The first-order valence-electron chi connectivity index (χ1n) is 9.34. The smallest absolute Gasteiger partial charge is 0.278 e. The van der Waals surface area contributed by atoms with Crippen LogP contribution in [0.5, 0.6) is 0 Å². The molecule has 27 heavy (non-hydrogen) atoms. The van der Waals surface area contributed by atoms with E-state index in [4.69, 9.17) is 16.7 Å². The van der Waals surface area contributed by atoms with Crippen LogP contribution in [0.4, 0.5) is 0 Å². The number of rotatable bonds is 5. The number of carbonyl (C=O) groups excluding carboxylic acids is 1. The van der Waals surface area contributed by atoms with Crippen molar-refractivity contribution < 1.29 is 4.79 Å². The van der Waals surface area contributed by atoms with Gasteiger partial charge in [0.1, 0.15) is 0 Å². The number of nitrogens with one attached hydrogen (secondary N) is 1. The van der Waals surface area contributed by atoms with Gasteiger partial charge in [-0.05, 0) is 69.1 Å². The summed E-state index contributed by atoms with van der Waals surface area (Å²) in [4.78, 5) is 14.3. The first-order valence-corrected chi connectivity index (χ1v) is 10.5. The van der Waals surface area contributed by atoms with Crippen molar-refractivity contribution in [1.82, 2.24) is 15.1 Å². The summed E-state index contributed by atoms with van der Waals surface area (Å²) in [6, 6.07) is 15.5. The predicted molar refractivity (Wildman–Crippen MR) is 110 cm³/mol. The molecular weight excluding hydrogens is 378 g/mol. The first-order chi connectivity index (χ1) is 13.2. The molecule has 4 nitrogen and oxygen atoms in total. The van der Waals surface area contributed by atoms with Crippen LogP contribution in [-0.2, 0) is 12.8 Å². The minimum absolute atomic E-state index is 0.0602. The normalized spacial score (nSPS) is 15.1. The molecule has 1 aromatic carbocycles. The largest absolute Gasteiger partial charge is 0.317 e. The van der Waals surface area contributed by atoms with Gasteiger partial charge in [-0.2, -0.15) is 5.10 Å². The molecule has 0 aliphatic carbocycles. The summed E-state index contributed by atoms with van der Waals surface area (Å²) in [5.74, 6) is 0.362. The van der Waals surface area contributed by atoms with Gasteiger partial charge in [-0.25, -0.2) is 4.68 Å². The van der Waals surface area contributed by atoms with Gasteiger partial charge in [-0.1, -0.05) is 29.8 Å². The third-order valence-corrected chi connectivity index (χ3v) is 6.32. The average molecular weight is 400 g/mol. The minimum atomic E-state index is -0.0602. The van der Waals surface area contributed by atoms with Crippen LogP contribution in [0.25, 0.3) is 0 Å². The molecular formula is C21H22ClN3OS. The van der Waals surface area contributed by atoms with Crippen LogP contribution in [0, 0.1) is 0 Å². The fourth-order valence-corrected chi connectivity index (χ4v) is 4.64. The van der Waals surface area contributed by atoms with Crippen molar-refractivity contribution in [2.45, 2.75) is 31.6 Å². The Morgan fingerprint density at radius 1 is 1.15 bits per heavy atom. The standard InChI is InChI=1S/C21H22ClN3OS/c22-20-9-8-18(27-20)7-6-17-14-19(15-10-12-23-13-11-15)24-25(17)21(26)16-4-2-1-3-5-16/h1-5,8-9,14-15,23H,6-7,10-13H2. The van der Waals surface area contributed by atoms with Crippen LogP contribution >= 0.6 is 22.9 Å². The Kier molecular flexibility index (Phi) is 5.72. The summed E-state index contributed by atoms with van der Waals surface area (Å²) in [6.45, 7) is 2.01. The number of aromatic nitrogens is 2. The highest BCUT2D eigenvalue weighted by atomic mass is 35.5. The van der Waals surface area contributed by atoms with E-state index in [1.165, 1.54) is 4.88 Å². The highest BCUT2D eigenvalue weighted by Crippen LogP contribution is 2.27. The molecule has 6 heteroatoms. The monoisotopic (exact) mass is 399 g/mol. The van der Waals surface area contributed by atoms with Crippen molar-refractivity contribution >= 4 is 28.8 Å². The van der Waals surface area contributed by atoms with Crippen molar-refractivity contribution in [1.29, 1.82) is 0 Å². The maximum atomic E-state index is 13.0. The molecule has 0 atom stereocenters. The van der Waals surface area contributed by atoms with E-state index >= 15 is 0 Å². The Hall–Kier alpha value is -1.95. The number of aryl methyl sites for hydroxylation is 2. The molecule has 0 radical (unpaired) electrons. The summed E-state index contributed by atoms with van der Waals surface area (Å²) in [5.41, 5.74) is 2.68. The molecule has 4 rings (SSSR count). The van der Waals surface area contributed by atoms with E-state index in [1.807, 2.05) is 36.4 Å². The maximum Gasteiger partial charge on any atom is 0.278 e. The minimum Gasteiger partial charge on any atom is -0.317 e. The summed E-state index contributed by atoms with van der Waals surface area (Å²) in [6.07, 6.45) is 3.76. The van der Waals surface area contributed by atoms with Crippen LogP contribution in [0.3, 0.4) is 0 Å². The highest BCUT2D eigenvalue weighted by molar-refractivity contribution is 7.16. The molecule has 1 aliphatic heterocycles. The second-order valence-corrected chi connectivity index (χ2v) is 8.67. The maximum absolute atomic E-state index is 13.0. The van der Waals surface area contributed by atoms with Crippen LogP contribution in [0.2, 0.25) is 4.34 Å². The van der Waals surface area contributed by atoms with E-state index in [-0.39, 0.29) is 5.91 Å². The van der Waals surface area contributed by atoms with Gasteiger partial charge in [0.05, 0.1) is 10.0 Å². The lowest BCUT2D eigenvalue weighted by atomic mass is 9.94. The number of hydrogen-bond acceptors (Lipinski definition) is 4. The lowest BCUT2D eigenvalue weighted by Crippen LogP contribution is -2.27. The number of benzene rings is 1. The predicted octanol–water partition coefficient (Wildman–Crippen LogP) is 4.54. The fourth-order valence-electron chi connectivity index (χ4n) is 3.55. The molecule has 0 bridgehead atoms. The molecule has 1 aliphatic rings. The second-order valence-electron chi connectivity index (χ2n) is 6.87. The van der Waals surface area contributed by atoms with E-state index in [2.05, 4.69) is 17.4 Å². The molecule has 140 valence electrons. The van der Waals surface area contributed by atoms with Gasteiger partial charge in [-0.3, -0.25) is 4.79 Å². The van der Waals surface area contributed by atoms with Gasteiger partial charge in [0.25, 0.3) is 5.91 Å². The molecule has 1 fully saturated rings. The van der Waals surface area contributed by atoms with Crippen molar-refractivity contribution in [3.05, 3.63) is 74.7 Å². The summed E-state index contributed by atoms with van der Waals surface area (Å²) in [5, 5.41) is 8.14. The topological polar surface area (TPSA) is 46.9 Å². The zero-order chi connectivity index (χ0) is 18.6.